The fourth-order valence-corrected chi connectivity index (χ4v) is 4.32. The van der Waals surface area contributed by atoms with Gasteiger partial charge in [0.2, 0.25) is 11.6 Å². The summed E-state index contributed by atoms with van der Waals surface area (Å²) in [5, 5.41) is 43.1. The van der Waals surface area contributed by atoms with Crippen LogP contribution in [0.1, 0.15) is 31.8 Å². The second-order valence-corrected chi connectivity index (χ2v) is 8.89. The van der Waals surface area contributed by atoms with Gasteiger partial charge in [-0.25, -0.2) is 0 Å². The number of phenolic OH excluding ortho intramolecular Hbond substituents is 2. The van der Waals surface area contributed by atoms with Crippen molar-refractivity contribution in [2.24, 2.45) is 0 Å². The fraction of sp³-hybridized carbons (Fsp3) is 0. The number of carbonyl (C=O) groups excluding carboxylic acids is 2. The Morgan fingerprint density at radius 2 is 0.912 bits per heavy atom. The van der Waals surface area contributed by atoms with E-state index in [1.165, 1.54) is 0 Å². The van der Waals surface area contributed by atoms with Crippen LogP contribution in [0.25, 0.3) is 0 Å². The molecule has 0 amide bonds. The van der Waals surface area contributed by atoms with Gasteiger partial charge in [0, 0.05) is 12.1 Å². The number of ketones is 2. The minimum absolute atomic E-state index is 0. The molecule has 16 nitrogen and oxygen atoms in total. The van der Waals surface area contributed by atoms with E-state index in [-0.39, 0.29) is 115 Å². The van der Waals surface area contributed by atoms with Crippen molar-refractivity contribution in [2.45, 2.75) is 9.79 Å². The van der Waals surface area contributed by atoms with Crippen molar-refractivity contribution in [2.75, 3.05) is 0 Å². The van der Waals surface area contributed by atoms with Crippen molar-refractivity contribution in [3.8, 4) is 11.5 Å². The summed E-state index contributed by atoms with van der Waals surface area (Å²) in [6, 6.07) is 0.0234. The first-order chi connectivity index (χ1) is 14.5. The second-order valence-electron chi connectivity index (χ2n) is 6.11. The number of hydrogen-bond donors (Lipinski definition) is 4. The minimum atomic E-state index is -5.42. The summed E-state index contributed by atoms with van der Waals surface area (Å²) in [6.07, 6.45) is 0. The predicted molar refractivity (Wildman–Crippen MR) is 110 cm³/mol. The molecule has 2 aromatic rings. The van der Waals surface area contributed by atoms with Crippen LogP contribution in [-0.4, -0.2) is 160 Å². The molecule has 0 aliphatic heterocycles. The van der Waals surface area contributed by atoms with Crippen molar-refractivity contribution >= 4 is 146 Å². The summed E-state index contributed by atoms with van der Waals surface area (Å²) in [4.78, 5) is 42.7. The Morgan fingerprint density at radius 1 is 0.647 bits per heavy atom. The van der Waals surface area contributed by atoms with Crippen LogP contribution in [0.5, 0.6) is 11.5 Å². The molecule has 0 unspecified atom stereocenters. The van der Waals surface area contributed by atoms with Crippen LogP contribution in [-0.2, 0) is 20.2 Å². The molecule has 172 valence electrons. The van der Waals surface area contributed by atoms with Crippen LogP contribution in [0.4, 0.5) is 11.4 Å². The first-order valence-electron chi connectivity index (χ1n) is 7.63. The maximum absolute atomic E-state index is 12.9. The molecule has 0 atom stereocenters. The summed E-state index contributed by atoms with van der Waals surface area (Å²) in [6.45, 7) is 0. The molecule has 34 heavy (non-hydrogen) atoms. The van der Waals surface area contributed by atoms with Crippen molar-refractivity contribution in [3.05, 3.63) is 54.6 Å². The van der Waals surface area contributed by atoms with Gasteiger partial charge < -0.3 is 10.2 Å². The van der Waals surface area contributed by atoms with E-state index in [1.807, 2.05) is 0 Å². The zero-order chi connectivity index (χ0) is 24.5. The van der Waals surface area contributed by atoms with Gasteiger partial charge in [0.1, 0.15) is 32.4 Å². The molecule has 2 aromatic carbocycles. The third-order valence-corrected chi connectivity index (χ3v) is 6.08. The van der Waals surface area contributed by atoms with E-state index in [4.69, 9.17) is 0 Å². The van der Waals surface area contributed by atoms with Crippen molar-refractivity contribution in [1.82, 2.24) is 0 Å². The monoisotopic (exact) mass is 570 g/mol. The molecule has 0 heterocycles. The topological polar surface area (TPSA) is 270 Å². The maximum atomic E-state index is 12.9. The zero-order valence-corrected chi connectivity index (χ0v) is 16.4. The van der Waals surface area contributed by atoms with E-state index < -0.39 is 96.6 Å². The number of benzene rings is 2. The number of phenols is 2. The zero-order valence-electron chi connectivity index (χ0n) is 14.7. The number of nitro benzene ring substituents is 2. The number of fused-ring (bicyclic) bond motifs is 2. The molecule has 0 bridgehead atoms. The first-order valence-corrected chi connectivity index (χ1v) is 10.5. The van der Waals surface area contributed by atoms with Crippen molar-refractivity contribution in [3.63, 3.8) is 0 Å². The average Bonchev–Trinajstić information content (AvgIpc) is 2.62. The van der Waals surface area contributed by atoms with Crippen LogP contribution < -0.4 is 0 Å². The average molecular weight is 571 g/mol. The molecule has 0 saturated heterocycles. The number of nitrogens with zero attached hydrogens (tertiary/aromatic N) is 2. The molecule has 0 spiro atoms. The second kappa shape index (κ2) is 10.3. The van der Waals surface area contributed by atoms with E-state index >= 15 is 0 Å². The van der Waals surface area contributed by atoms with Crippen LogP contribution >= 0.6 is 0 Å². The molecule has 20 heteroatoms. The Balaban J connectivity index is 0.00000289. The number of hydrogen-bond acceptors (Lipinski definition) is 12. The van der Waals surface area contributed by atoms with Gasteiger partial charge >= 0.3 is 103 Å². The predicted octanol–water partition coefficient (Wildman–Crippen LogP) is -1.11. The Kier molecular flexibility index (Phi) is 9.51. The molecule has 1 aliphatic rings. The SMILES string of the molecule is O=C1c2c([N+](=O)[O-])cc(S(=O)(=O)O)c(O)c2C(=O)c2c([N+](=O)[O-])cc(S(=O)(=O)O)c(O)c21.[KH].[KH]. The Labute approximate surface area is 273 Å². The number of carbonyl (C=O) groups is 2. The molecule has 3 rings (SSSR count). The normalized spacial score (nSPS) is 12.6. The fourth-order valence-electron chi connectivity index (χ4n) is 3.10. The van der Waals surface area contributed by atoms with Crippen molar-refractivity contribution < 1.29 is 55.6 Å². The van der Waals surface area contributed by atoms with Gasteiger partial charge in [-0.2, -0.15) is 16.8 Å². The van der Waals surface area contributed by atoms with Gasteiger partial charge in [-0.3, -0.25) is 38.9 Å². The molecule has 0 saturated carbocycles. The van der Waals surface area contributed by atoms with Gasteiger partial charge in [0.05, 0.1) is 21.0 Å². The number of rotatable bonds is 4. The Bertz CT molecular complexity index is 1420. The van der Waals surface area contributed by atoms with E-state index in [1.54, 1.807) is 0 Å². The summed E-state index contributed by atoms with van der Waals surface area (Å²) >= 11 is 0. The van der Waals surface area contributed by atoms with Crippen LogP contribution in [0, 0.1) is 20.2 Å². The molecular formula is C14H8K2N2O14S2. The summed E-state index contributed by atoms with van der Waals surface area (Å²) in [7, 11) is -10.8. The summed E-state index contributed by atoms with van der Waals surface area (Å²) in [5.41, 5.74) is -8.51. The van der Waals surface area contributed by atoms with E-state index in [0.29, 0.717) is 0 Å². The van der Waals surface area contributed by atoms with Gasteiger partial charge in [0.25, 0.3) is 31.6 Å². The molecule has 1 aliphatic carbocycles. The Hall–Kier alpha value is -0.727. The van der Waals surface area contributed by atoms with Gasteiger partial charge in [0.15, 0.2) is 0 Å². The third kappa shape index (κ3) is 5.06. The molecule has 0 radical (unpaired) electrons. The first kappa shape index (κ1) is 31.3. The summed E-state index contributed by atoms with van der Waals surface area (Å²) < 4.78 is 64.2. The molecule has 0 aromatic heterocycles. The van der Waals surface area contributed by atoms with Crippen LogP contribution in [0.15, 0.2) is 21.9 Å². The van der Waals surface area contributed by atoms with Gasteiger partial charge in [-0.05, 0) is 0 Å². The number of nitro groups is 2. The molecular weight excluding hydrogens is 562 g/mol. The van der Waals surface area contributed by atoms with Crippen LogP contribution in [0.2, 0.25) is 0 Å². The van der Waals surface area contributed by atoms with Crippen molar-refractivity contribution in [1.29, 1.82) is 0 Å². The standard InChI is InChI=1S/C14H6N2O14S2.2K.2H/c17-11-5(31(25,26)27)1-3(15(21)22)7-9(11)14(20)8-4(16(23)24)2-6(32(28,29)30)12(18)10(8)13(7)19;;;;/h1-2,17-18H,(H,25,26,27)(H,28,29,30);;;;. The quantitative estimate of drug-likeness (QED) is 0.125. The number of aromatic hydroxyl groups is 2. The Morgan fingerprint density at radius 3 is 1.12 bits per heavy atom. The van der Waals surface area contributed by atoms with E-state index in [2.05, 4.69) is 0 Å². The van der Waals surface area contributed by atoms with E-state index in [9.17, 15) is 66.0 Å². The molecule has 4 N–H and O–H groups in total. The third-order valence-electron chi connectivity index (χ3n) is 4.35. The molecule has 0 fully saturated rings. The van der Waals surface area contributed by atoms with Crippen LogP contribution in [0.3, 0.4) is 0 Å². The summed E-state index contributed by atoms with van der Waals surface area (Å²) in [5.74, 6) is -6.90. The van der Waals surface area contributed by atoms with E-state index in [0.717, 1.165) is 0 Å². The van der Waals surface area contributed by atoms with Gasteiger partial charge in [-0.1, -0.05) is 0 Å². The van der Waals surface area contributed by atoms with Gasteiger partial charge in [-0.15, -0.1) is 0 Å².